The van der Waals surface area contributed by atoms with Crippen LogP contribution in [0.2, 0.25) is 0 Å². The number of rotatable bonds is 8. The van der Waals surface area contributed by atoms with Gasteiger partial charge in [-0.05, 0) is 44.0 Å². The predicted octanol–water partition coefficient (Wildman–Crippen LogP) is 3.41. The molecule has 2 aromatic rings. The molecule has 0 unspecified atom stereocenters. The topological polar surface area (TPSA) is 103 Å². The van der Waals surface area contributed by atoms with Crippen LogP contribution in [-0.4, -0.2) is 50.8 Å². The Morgan fingerprint density at radius 1 is 1.13 bits per heavy atom. The number of amides is 1. The normalized spacial score (nSPS) is 14.1. The van der Waals surface area contributed by atoms with Crippen molar-refractivity contribution < 1.29 is 23.9 Å². The van der Waals surface area contributed by atoms with E-state index in [1.807, 2.05) is 24.3 Å². The average Bonchev–Trinajstić information content (AvgIpc) is 2.79. The second-order valence-corrected chi connectivity index (χ2v) is 7.14. The Balaban J connectivity index is 1.69. The standard InChI is InChI=1S/C22H27N3O6/c1-4-31-21-13-18(19(25(27)28)14-20(21)30-3)22(26)23-15-9-11-24(12-10-15)16-5-7-17(29-2)8-6-16/h5-8,13-15H,4,9-12H2,1-3H3,(H,23,26). The Bertz CT molecular complexity index is 924. The maximum Gasteiger partial charge on any atom is 0.286 e. The molecule has 0 saturated carbocycles. The molecule has 9 nitrogen and oxygen atoms in total. The summed E-state index contributed by atoms with van der Waals surface area (Å²) >= 11 is 0. The van der Waals surface area contributed by atoms with Crippen molar-refractivity contribution in [2.45, 2.75) is 25.8 Å². The predicted molar refractivity (Wildman–Crippen MR) is 117 cm³/mol. The van der Waals surface area contributed by atoms with Crippen LogP contribution in [-0.2, 0) is 0 Å². The van der Waals surface area contributed by atoms with Crippen LogP contribution in [0.25, 0.3) is 0 Å². The van der Waals surface area contributed by atoms with Gasteiger partial charge in [0.2, 0.25) is 0 Å². The number of carbonyl (C=O) groups is 1. The van der Waals surface area contributed by atoms with Crippen molar-refractivity contribution in [1.29, 1.82) is 0 Å². The van der Waals surface area contributed by atoms with Crippen LogP contribution in [0.15, 0.2) is 36.4 Å². The molecule has 0 atom stereocenters. The lowest BCUT2D eigenvalue weighted by Crippen LogP contribution is -2.44. The van der Waals surface area contributed by atoms with Gasteiger partial charge in [0.05, 0.1) is 31.8 Å². The molecule has 0 radical (unpaired) electrons. The molecule has 1 N–H and O–H groups in total. The summed E-state index contributed by atoms with van der Waals surface area (Å²) in [5, 5.41) is 14.5. The summed E-state index contributed by atoms with van der Waals surface area (Å²) in [6, 6.07) is 10.4. The zero-order valence-corrected chi connectivity index (χ0v) is 17.9. The van der Waals surface area contributed by atoms with Gasteiger partial charge in [-0.2, -0.15) is 0 Å². The number of carbonyl (C=O) groups excluding carboxylic acids is 1. The first kappa shape index (κ1) is 22.2. The molecular formula is C22H27N3O6. The lowest BCUT2D eigenvalue weighted by Gasteiger charge is -2.34. The minimum atomic E-state index is -0.584. The van der Waals surface area contributed by atoms with Crippen molar-refractivity contribution in [3.63, 3.8) is 0 Å². The molecule has 3 rings (SSSR count). The van der Waals surface area contributed by atoms with Crippen molar-refractivity contribution in [2.24, 2.45) is 0 Å². The van der Waals surface area contributed by atoms with Gasteiger partial charge in [0.25, 0.3) is 11.6 Å². The zero-order chi connectivity index (χ0) is 22.4. The molecule has 1 fully saturated rings. The fraction of sp³-hybridized carbons (Fsp3) is 0.409. The summed E-state index contributed by atoms with van der Waals surface area (Å²) in [6.07, 6.45) is 1.47. The molecule has 0 aromatic heterocycles. The van der Waals surface area contributed by atoms with Gasteiger partial charge in [-0.1, -0.05) is 0 Å². The van der Waals surface area contributed by atoms with Gasteiger partial charge in [0.15, 0.2) is 11.5 Å². The fourth-order valence-corrected chi connectivity index (χ4v) is 3.65. The molecule has 166 valence electrons. The highest BCUT2D eigenvalue weighted by Gasteiger charge is 2.27. The number of piperidine rings is 1. The molecule has 9 heteroatoms. The second kappa shape index (κ2) is 10.0. The first-order chi connectivity index (χ1) is 15.0. The summed E-state index contributed by atoms with van der Waals surface area (Å²) in [5.41, 5.74) is 0.748. The largest absolute Gasteiger partial charge is 0.497 e. The van der Waals surface area contributed by atoms with Crippen molar-refractivity contribution in [1.82, 2.24) is 5.32 Å². The number of ether oxygens (including phenoxy) is 3. The molecule has 0 bridgehead atoms. The highest BCUT2D eigenvalue weighted by Crippen LogP contribution is 2.35. The Kier molecular flexibility index (Phi) is 7.17. The Labute approximate surface area is 181 Å². The van der Waals surface area contributed by atoms with Gasteiger partial charge in [-0.15, -0.1) is 0 Å². The number of anilines is 1. The number of nitrogens with one attached hydrogen (secondary N) is 1. The van der Waals surface area contributed by atoms with E-state index in [0.29, 0.717) is 12.4 Å². The average molecular weight is 429 g/mol. The third-order valence-electron chi connectivity index (χ3n) is 5.29. The van der Waals surface area contributed by atoms with Gasteiger partial charge in [0.1, 0.15) is 11.3 Å². The van der Waals surface area contributed by atoms with Gasteiger partial charge in [-0.3, -0.25) is 14.9 Å². The van der Waals surface area contributed by atoms with Crippen LogP contribution in [0.3, 0.4) is 0 Å². The number of benzene rings is 2. The number of methoxy groups -OCH3 is 2. The highest BCUT2D eigenvalue weighted by molar-refractivity contribution is 5.99. The monoisotopic (exact) mass is 429 g/mol. The highest BCUT2D eigenvalue weighted by atomic mass is 16.6. The summed E-state index contributed by atoms with van der Waals surface area (Å²) < 4.78 is 15.8. The fourth-order valence-electron chi connectivity index (χ4n) is 3.65. The van der Waals surface area contributed by atoms with Crippen LogP contribution in [0, 0.1) is 10.1 Å². The third-order valence-corrected chi connectivity index (χ3v) is 5.29. The quantitative estimate of drug-likeness (QED) is 0.507. The summed E-state index contributed by atoms with van der Waals surface area (Å²) in [5.74, 6) is 0.838. The van der Waals surface area contributed by atoms with Gasteiger partial charge in [0, 0.05) is 30.9 Å². The van der Waals surface area contributed by atoms with E-state index in [1.54, 1.807) is 14.0 Å². The number of nitro groups is 1. The number of nitro benzene ring substituents is 1. The van der Waals surface area contributed by atoms with Crippen LogP contribution in [0.1, 0.15) is 30.1 Å². The van der Waals surface area contributed by atoms with E-state index in [2.05, 4.69) is 10.2 Å². The smallest absolute Gasteiger partial charge is 0.286 e. The van der Waals surface area contributed by atoms with E-state index in [0.717, 1.165) is 37.4 Å². The maximum atomic E-state index is 12.9. The summed E-state index contributed by atoms with van der Waals surface area (Å²) in [6.45, 7) is 3.68. The van der Waals surface area contributed by atoms with E-state index >= 15 is 0 Å². The lowest BCUT2D eigenvalue weighted by molar-refractivity contribution is -0.385. The molecule has 1 amide bonds. The molecule has 2 aromatic carbocycles. The van der Waals surface area contributed by atoms with Gasteiger partial charge >= 0.3 is 0 Å². The Morgan fingerprint density at radius 2 is 1.81 bits per heavy atom. The van der Waals surface area contributed by atoms with E-state index in [4.69, 9.17) is 14.2 Å². The summed E-state index contributed by atoms with van der Waals surface area (Å²) in [7, 11) is 3.03. The molecule has 0 aliphatic carbocycles. The Hall–Kier alpha value is -3.49. The Morgan fingerprint density at radius 3 is 2.35 bits per heavy atom. The van der Waals surface area contributed by atoms with E-state index in [9.17, 15) is 14.9 Å². The minimum Gasteiger partial charge on any atom is -0.497 e. The molecule has 1 heterocycles. The van der Waals surface area contributed by atoms with E-state index < -0.39 is 10.8 Å². The van der Waals surface area contributed by atoms with Crippen LogP contribution in [0.4, 0.5) is 11.4 Å². The van der Waals surface area contributed by atoms with E-state index in [1.165, 1.54) is 19.2 Å². The number of hydrogen-bond acceptors (Lipinski definition) is 7. The van der Waals surface area contributed by atoms with Gasteiger partial charge in [-0.25, -0.2) is 0 Å². The molecule has 0 spiro atoms. The SMILES string of the molecule is CCOc1cc(C(=O)NC2CCN(c3ccc(OC)cc3)CC2)c([N+](=O)[O-])cc1OC. The third kappa shape index (κ3) is 5.17. The second-order valence-electron chi connectivity index (χ2n) is 7.14. The first-order valence-corrected chi connectivity index (χ1v) is 10.2. The van der Waals surface area contributed by atoms with Crippen LogP contribution < -0.4 is 24.4 Å². The minimum absolute atomic E-state index is 0.0353. The maximum absolute atomic E-state index is 12.9. The molecule has 1 aliphatic rings. The van der Waals surface area contributed by atoms with Crippen molar-refractivity contribution in [3.05, 3.63) is 52.1 Å². The van der Waals surface area contributed by atoms with Crippen molar-refractivity contribution in [2.75, 3.05) is 38.8 Å². The lowest BCUT2D eigenvalue weighted by atomic mass is 10.0. The number of nitrogens with zero attached hydrogens (tertiary/aromatic N) is 2. The van der Waals surface area contributed by atoms with Crippen LogP contribution >= 0.6 is 0 Å². The molecule has 1 aliphatic heterocycles. The van der Waals surface area contributed by atoms with Gasteiger partial charge < -0.3 is 24.4 Å². The first-order valence-electron chi connectivity index (χ1n) is 10.2. The number of hydrogen-bond donors (Lipinski definition) is 1. The molecular weight excluding hydrogens is 402 g/mol. The van der Waals surface area contributed by atoms with Crippen molar-refractivity contribution >= 4 is 17.3 Å². The zero-order valence-electron chi connectivity index (χ0n) is 17.9. The molecule has 1 saturated heterocycles. The van der Waals surface area contributed by atoms with Crippen molar-refractivity contribution in [3.8, 4) is 17.2 Å². The van der Waals surface area contributed by atoms with E-state index in [-0.39, 0.29) is 23.0 Å². The summed E-state index contributed by atoms with van der Waals surface area (Å²) in [4.78, 5) is 26.0. The molecule has 31 heavy (non-hydrogen) atoms. The van der Waals surface area contributed by atoms with Crippen LogP contribution in [0.5, 0.6) is 17.2 Å².